The Morgan fingerprint density at radius 3 is 2.94 bits per heavy atom. The summed E-state index contributed by atoms with van der Waals surface area (Å²) in [7, 11) is 0. The van der Waals surface area contributed by atoms with Crippen LogP contribution >= 0.6 is 0 Å². The number of aliphatic hydroxyl groups is 2. The van der Waals surface area contributed by atoms with E-state index in [4.69, 9.17) is 5.11 Å². The van der Waals surface area contributed by atoms with Gasteiger partial charge in [0.2, 0.25) is 0 Å². The molecule has 2 saturated carbocycles. The Morgan fingerprint density at radius 1 is 1.31 bits per heavy atom. The molecule has 0 amide bonds. The van der Waals surface area contributed by atoms with E-state index in [0.717, 1.165) is 18.3 Å². The summed E-state index contributed by atoms with van der Waals surface area (Å²) in [5.74, 6) is 2.73. The zero-order chi connectivity index (χ0) is 10.9. The highest BCUT2D eigenvalue weighted by atomic mass is 16.3. The molecule has 2 fully saturated rings. The van der Waals surface area contributed by atoms with Gasteiger partial charge >= 0.3 is 0 Å². The number of hydrogen-bond donors (Lipinski definition) is 2. The summed E-state index contributed by atoms with van der Waals surface area (Å²) in [6.07, 6.45) is 8.24. The highest BCUT2D eigenvalue weighted by Crippen LogP contribution is 2.79. The summed E-state index contributed by atoms with van der Waals surface area (Å²) in [4.78, 5) is 0. The fraction of sp³-hybridized carbons (Fsp3) is 0.714. The largest absolute Gasteiger partial charge is 0.396 e. The number of allylic oxidation sites excluding steroid dienone is 2. The Balaban J connectivity index is 1.67. The van der Waals surface area contributed by atoms with E-state index in [0.29, 0.717) is 23.9 Å². The van der Waals surface area contributed by atoms with Crippen molar-refractivity contribution in [3.63, 3.8) is 0 Å². The minimum atomic E-state index is 0.284. The average molecular weight is 218 g/mol. The monoisotopic (exact) mass is 218 g/mol. The maximum Gasteiger partial charge on any atom is 0.0505 e. The van der Waals surface area contributed by atoms with Crippen LogP contribution < -0.4 is 0 Å². The molecule has 2 heteroatoms. The van der Waals surface area contributed by atoms with Gasteiger partial charge in [-0.05, 0) is 37.0 Å². The summed E-state index contributed by atoms with van der Waals surface area (Å²) in [5.41, 5.74) is 3.39. The van der Waals surface area contributed by atoms with Gasteiger partial charge in [0.15, 0.2) is 0 Å². The Labute approximate surface area is 95.7 Å². The van der Waals surface area contributed by atoms with E-state index in [1.54, 1.807) is 5.57 Å². The first-order chi connectivity index (χ1) is 7.81. The first kappa shape index (κ1) is 9.43. The van der Waals surface area contributed by atoms with Gasteiger partial charge in [0.05, 0.1) is 6.61 Å². The van der Waals surface area contributed by atoms with Crippen molar-refractivity contribution in [3.8, 4) is 0 Å². The molecule has 2 nitrogen and oxygen atoms in total. The van der Waals surface area contributed by atoms with Gasteiger partial charge < -0.3 is 10.2 Å². The summed E-state index contributed by atoms with van der Waals surface area (Å²) < 4.78 is 0. The van der Waals surface area contributed by atoms with Crippen LogP contribution in [0.25, 0.3) is 0 Å². The second-order valence-electron chi connectivity index (χ2n) is 5.96. The molecule has 0 saturated heterocycles. The molecule has 2 N–H and O–H groups in total. The first-order valence-corrected chi connectivity index (χ1v) is 6.44. The van der Waals surface area contributed by atoms with Crippen molar-refractivity contribution in [3.05, 3.63) is 23.3 Å². The second-order valence-corrected chi connectivity index (χ2v) is 5.96. The lowest BCUT2D eigenvalue weighted by Gasteiger charge is -2.19. The molecule has 0 aromatic heterocycles. The van der Waals surface area contributed by atoms with Crippen LogP contribution in [0, 0.1) is 29.1 Å². The van der Waals surface area contributed by atoms with Crippen LogP contribution in [0.5, 0.6) is 0 Å². The Bertz CT molecular complexity index is 409. The molecule has 16 heavy (non-hydrogen) atoms. The van der Waals surface area contributed by atoms with Crippen molar-refractivity contribution in [2.24, 2.45) is 29.1 Å². The molecular weight excluding hydrogens is 200 g/mol. The van der Waals surface area contributed by atoms with Crippen molar-refractivity contribution >= 4 is 0 Å². The van der Waals surface area contributed by atoms with Crippen molar-refractivity contribution in [1.29, 1.82) is 0 Å². The summed E-state index contributed by atoms with van der Waals surface area (Å²) in [6, 6.07) is 0. The first-order valence-electron chi connectivity index (χ1n) is 6.44. The van der Waals surface area contributed by atoms with Gasteiger partial charge in [0.25, 0.3) is 0 Å². The third-order valence-corrected chi connectivity index (χ3v) is 5.55. The second kappa shape index (κ2) is 2.80. The number of rotatable bonds is 3. The van der Waals surface area contributed by atoms with Gasteiger partial charge in [-0.25, -0.2) is 0 Å². The van der Waals surface area contributed by atoms with Crippen molar-refractivity contribution < 1.29 is 10.2 Å². The van der Waals surface area contributed by atoms with Crippen molar-refractivity contribution in [2.45, 2.75) is 19.3 Å². The topological polar surface area (TPSA) is 40.5 Å². The fourth-order valence-electron chi connectivity index (χ4n) is 4.95. The standard InChI is InChI=1S/C14H18O2/c15-2-1-8-3-10-9-5-12-13(7-16)14(12,6-9)11(10)4-8/h4-5,9-11,13,15-16H,1-3,6-7H2. The molecule has 0 heterocycles. The van der Waals surface area contributed by atoms with Crippen molar-refractivity contribution in [1.82, 2.24) is 0 Å². The maximum absolute atomic E-state index is 9.41. The summed E-state index contributed by atoms with van der Waals surface area (Å²) >= 11 is 0. The highest BCUT2D eigenvalue weighted by molar-refractivity contribution is 5.51. The lowest BCUT2D eigenvalue weighted by Crippen LogP contribution is -2.15. The molecule has 86 valence electrons. The van der Waals surface area contributed by atoms with Crippen LogP contribution in [-0.4, -0.2) is 23.4 Å². The van der Waals surface area contributed by atoms with E-state index in [9.17, 15) is 5.11 Å². The zero-order valence-corrected chi connectivity index (χ0v) is 9.39. The van der Waals surface area contributed by atoms with Gasteiger partial charge in [0.1, 0.15) is 0 Å². The van der Waals surface area contributed by atoms with Gasteiger partial charge in [-0.1, -0.05) is 23.3 Å². The molecule has 0 aromatic carbocycles. The maximum atomic E-state index is 9.41. The summed E-state index contributed by atoms with van der Waals surface area (Å²) in [5, 5.41) is 18.4. The van der Waals surface area contributed by atoms with Gasteiger partial charge in [-0.15, -0.1) is 0 Å². The van der Waals surface area contributed by atoms with Crippen LogP contribution in [0.1, 0.15) is 19.3 Å². The van der Waals surface area contributed by atoms with Gasteiger partial charge in [0, 0.05) is 17.9 Å². The molecule has 1 spiro atoms. The van der Waals surface area contributed by atoms with E-state index >= 15 is 0 Å². The van der Waals surface area contributed by atoms with Crippen LogP contribution in [-0.2, 0) is 0 Å². The van der Waals surface area contributed by atoms with Crippen LogP contribution in [0.3, 0.4) is 0 Å². The van der Waals surface area contributed by atoms with E-state index < -0.39 is 0 Å². The molecule has 2 bridgehead atoms. The Kier molecular flexibility index (Phi) is 1.65. The number of fused-ring (bicyclic) bond motifs is 3. The molecule has 5 atom stereocenters. The Hall–Kier alpha value is -0.600. The minimum absolute atomic E-state index is 0.284. The van der Waals surface area contributed by atoms with Crippen molar-refractivity contribution in [2.75, 3.05) is 13.2 Å². The van der Waals surface area contributed by atoms with Gasteiger partial charge in [-0.2, -0.15) is 0 Å². The van der Waals surface area contributed by atoms with Gasteiger partial charge in [-0.3, -0.25) is 0 Å². The quantitative estimate of drug-likeness (QED) is 0.705. The molecule has 0 aromatic rings. The van der Waals surface area contributed by atoms with Crippen LogP contribution in [0.2, 0.25) is 0 Å². The molecule has 0 radical (unpaired) electrons. The normalized spacial score (nSPS) is 51.1. The average Bonchev–Trinajstić information content (AvgIpc) is 2.65. The van der Waals surface area contributed by atoms with Crippen LogP contribution in [0.4, 0.5) is 0 Å². The van der Waals surface area contributed by atoms with Crippen LogP contribution in [0.15, 0.2) is 23.3 Å². The third-order valence-electron chi connectivity index (χ3n) is 5.55. The molecule has 0 aliphatic heterocycles. The highest BCUT2D eigenvalue weighted by Gasteiger charge is 2.73. The van der Waals surface area contributed by atoms with E-state index in [1.807, 2.05) is 0 Å². The smallest absolute Gasteiger partial charge is 0.0505 e. The Morgan fingerprint density at radius 2 is 2.19 bits per heavy atom. The van der Waals surface area contributed by atoms with E-state index in [-0.39, 0.29) is 6.61 Å². The third kappa shape index (κ3) is 0.844. The number of aliphatic hydroxyl groups excluding tert-OH is 2. The lowest BCUT2D eigenvalue weighted by atomic mass is 9.84. The predicted octanol–water partition coefficient (Wildman–Crippen LogP) is 1.50. The number of hydrogen-bond acceptors (Lipinski definition) is 2. The molecule has 4 aliphatic rings. The molecular formula is C14H18O2. The molecule has 4 rings (SSSR count). The SMILES string of the molecule is OCCC1=CC2C(C1)C1C=C3C(CO)C32C1. The summed E-state index contributed by atoms with van der Waals surface area (Å²) in [6.45, 7) is 0.623. The molecule has 4 aliphatic carbocycles. The predicted molar refractivity (Wildman–Crippen MR) is 60.6 cm³/mol. The zero-order valence-electron chi connectivity index (χ0n) is 9.39. The molecule has 5 unspecified atom stereocenters. The lowest BCUT2D eigenvalue weighted by molar-refractivity contribution is 0.233. The fourth-order valence-corrected chi connectivity index (χ4v) is 4.95. The van der Waals surface area contributed by atoms with E-state index in [2.05, 4.69) is 12.2 Å². The van der Waals surface area contributed by atoms with E-state index in [1.165, 1.54) is 18.4 Å². The minimum Gasteiger partial charge on any atom is -0.396 e.